The van der Waals surface area contributed by atoms with Gasteiger partial charge in [-0.15, -0.1) is 0 Å². The van der Waals surface area contributed by atoms with E-state index in [2.05, 4.69) is 52.6 Å². The molecule has 0 radical (unpaired) electrons. The molecular formula is C100H175N5O45. The van der Waals surface area contributed by atoms with Crippen LogP contribution in [0.1, 0.15) is 266 Å². The number of allylic oxidation sites excluding steroid dienone is 3. The number of nitrogens with one attached hydrogen (secondary N) is 5. The lowest BCUT2D eigenvalue weighted by molar-refractivity contribution is -0.408. The average molecular weight is 2170 g/mol. The van der Waals surface area contributed by atoms with Crippen molar-refractivity contribution in [3.63, 3.8) is 0 Å². The van der Waals surface area contributed by atoms with Gasteiger partial charge in [0.15, 0.2) is 31.5 Å². The molecule has 7 heterocycles. The van der Waals surface area contributed by atoms with Crippen molar-refractivity contribution in [2.75, 3.05) is 59.5 Å². The standard InChI is InChI=1S/C100H175N5O45/c1-6-8-10-12-14-16-18-20-21-22-23-24-25-26-27-28-29-31-33-35-37-39-41-43-69(122)104-58(59(117)42-40-38-36-34-32-30-19-17-15-13-11-9-7-2)54-137-94-81(130)80(129)84(66(50-110)140-94)143-95-82(131)90(149-100(98(135)136)45-61(119)72(105-70(123)53-113)89(148-100)76(125)63(121)47-107)86(68(52-112)141-95)145-93-74(103-57(5)116)87(78(127)65(49-109)139-93)146-96-83(132)91(85(67(51-111)142-96)144-92-73(102-56(4)115)79(128)77(126)64(48-108)138-92)150-99(97(133)134)44-60(118)71(101-55(3)114)88(147-99)75(124)62(120)46-106/h20-21,40,42,58-68,71-96,106-113,117-121,124-132H,6-19,22-39,41,43-54H2,1-5H3,(H,101,114)(H,102,115)(H,103,116)(H,104,122)(H,105,123)(H,133,134)(H,135,136)/b21-20-,42-40+/t58-,59+,60?,61?,62+,63+,64?,65?,66?,67?,68?,71+,72+,73?,74?,75+,76+,77-,78-,79+,80+,81?,82?,83?,84+,85-,86-,87+,88?,89?,90+,91+,92-,93-,94+,95-,96-,99-,100-/m0/s1. The molecule has 0 aliphatic carbocycles. The van der Waals surface area contributed by atoms with E-state index in [9.17, 15) is 156 Å². The number of aliphatic hydroxyl groups excluding tert-OH is 22. The van der Waals surface area contributed by atoms with Gasteiger partial charge < -0.3 is 215 Å². The van der Waals surface area contributed by atoms with Crippen LogP contribution in [-0.4, -0.2) is 462 Å². The fraction of sp³-hybridized carbons (Fsp3) is 0.890. The Balaban J connectivity index is 1.18. The van der Waals surface area contributed by atoms with E-state index in [-0.39, 0.29) is 6.42 Å². The number of carboxylic acid groups (broad SMARTS) is 2. The highest BCUT2D eigenvalue weighted by Gasteiger charge is 2.66. The monoisotopic (exact) mass is 2170 g/mol. The number of carbonyl (C=O) groups is 7. The second kappa shape index (κ2) is 68.2. The van der Waals surface area contributed by atoms with Crippen LogP contribution in [0.25, 0.3) is 0 Å². The second-order valence-corrected chi connectivity index (χ2v) is 40.3. The van der Waals surface area contributed by atoms with E-state index in [0.717, 1.165) is 104 Å². The molecule has 870 valence electrons. The molecule has 29 N–H and O–H groups in total. The first kappa shape index (κ1) is 131. The van der Waals surface area contributed by atoms with Gasteiger partial charge in [-0.25, -0.2) is 9.59 Å². The number of aliphatic hydroxyl groups is 22. The highest BCUT2D eigenvalue weighted by atomic mass is 16.8. The maximum atomic E-state index is 14.3. The van der Waals surface area contributed by atoms with Gasteiger partial charge in [-0.05, 0) is 44.9 Å². The third-order valence-electron chi connectivity index (χ3n) is 28.3. The fourth-order valence-electron chi connectivity index (χ4n) is 19.9. The first-order chi connectivity index (χ1) is 71.7. The Morgan fingerprint density at radius 3 is 1.10 bits per heavy atom. The summed E-state index contributed by atoms with van der Waals surface area (Å²) in [5.74, 6) is -16.6. The van der Waals surface area contributed by atoms with Crippen molar-refractivity contribution < 1.29 is 222 Å². The Bertz CT molecular complexity index is 3900. The topological polar surface area (TPSA) is 794 Å². The normalized spacial score (nSPS) is 34.7. The van der Waals surface area contributed by atoms with Crippen LogP contribution in [-0.2, 0) is 99.9 Å². The van der Waals surface area contributed by atoms with Crippen LogP contribution in [0.3, 0.4) is 0 Å². The van der Waals surface area contributed by atoms with E-state index < -0.39 is 352 Å². The van der Waals surface area contributed by atoms with Gasteiger partial charge in [0.1, 0.15) is 165 Å². The Hall–Kier alpha value is -5.67. The average Bonchev–Trinajstić information content (AvgIpc) is 0.744. The summed E-state index contributed by atoms with van der Waals surface area (Å²) in [5, 5.41) is 286. The van der Waals surface area contributed by atoms with Gasteiger partial charge in [0, 0.05) is 40.0 Å². The molecule has 0 aromatic rings. The quantitative estimate of drug-likeness (QED) is 0.0204. The van der Waals surface area contributed by atoms with Crippen LogP contribution in [0.2, 0.25) is 0 Å². The minimum atomic E-state index is -3.63. The first-order valence-corrected chi connectivity index (χ1v) is 53.5. The number of hydrogen-bond acceptors (Lipinski definition) is 43. The molecule has 0 aromatic carbocycles. The van der Waals surface area contributed by atoms with E-state index in [4.69, 9.17) is 66.3 Å². The van der Waals surface area contributed by atoms with E-state index in [0.29, 0.717) is 12.8 Å². The zero-order valence-electron chi connectivity index (χ0n) is 86.8. The Labute approximate surface area is 874 Å². The zero-order valence-corrected chi connectivity index (χ0v) is 86.8. The Morgan fingerprint density at radius 1 is 0.353 bits per heavy atom. The summed E-state index contributed by atoms with van der Waals surface area (Å²) in [4.78, 5) is 94.2. The third kappa shape index (κ3) is 39.2. The predicted molar refractivity (Wildman–Crippen MR) is 522 cm³/mol. The van der Waals surface area contributed by atoms with Crippen molar-refractivity contribution in [3.05, 3.63) is 24.3 Å². The van der Waals surface area contributed by atoms with Gasteiger partial charge in [-0.2, -0.15) is 0 Å². The lowest BCUT2D eigenvalue weighted by Gasteiger charge is -2.53. The highest BCUT2D eigenvalue weighted by Crippen LogP contribution is 2.45. The minimum absolute atomic E-state index is 0.0638. The summed E-state index contributed by atoms with van der Waals surface area (Å²) in [6, 6.07) is -9.38. The van der Waals surface area contributed by atoms with Gasteiger partial charge in [0.05, 0.1) is 89.3 Å². The molecule has 39 atom stereocenters. The van der Waals surface area contributed by atoms with Crippen LogP contribution in [0.5, 0.6) is 0 Å². The SMILES string of the molecule is CCCCCCCC/C=C\CCCCCCCCCCCCCCCC(=O)N[C@@H](CO[C@@H]1OC(CO)[C@@H](O[C@@H]2OC(CO)[C@H](O[C@@H]3OC(CO)[C@H](O)[C@H](O[C@@H]4OC(CO)[C@H](O[C@@H]5OC(CO)[C@H](O)[C@H](O)C5NC(C)=O)[C@H](O[C@]5(C(=O)O)CC(O)[C@@H](NC(C)=O)C([C@H](O)[C@H](O)CO)O5)C4O)C3NC(C)=O)[C@H](O[C@]3(C(=O)O)CC(O)[C@@H](NC(=O)CO)C([C@H](O)[C@H](O)CO)O3)C2O)[C@H](O)C1O)[C@H](O)/C=C/CCCCCCCCCCCCC. The van der Waals surface area contributed by atoms with Crippen molar-refractivity contribution in [2.24, 2.45) is 0 Å². The molecule has 7 rings (SSSR count). The lowest BCUT2D eigenvalue weighted by Crippen LogP contribution is -2.73. The fourth-order valence-corrected chi connectivity index (χ4v) is 19.9. The van der Waals surface area contributed by atoms with E-state index >= 15 is 0 Å². The molecule has 0 aromatic heterocycles. The molecule has 7 saturated heterocycles. The Morgan fingerprint density at radius 2 is 0.700 bits per heavy atom. The summed E-state index contributed by atoms with van der Waals surface area (Å²) in [6.45, 7) is -3.95. The molecule has 7 aliphatic heterocycles. The molecular weight excluding hydrogens is 1990 g/mol. The molecule has 0 spiro atoms. The van der Waals surface area contributed by atoms with Crippen LogP contribution in [0.4, 0.5) is 0 Å². The Kier molecular flexibility index (Phi) is 59.7. The maximum Gasteiger partial charge on any atom is 0.364 e. The zero-order chi connectivity index (χ0) is 110. The van der Waals surface area contributed by atoms with Crippen molar-refractivity contribution in [2.45, 2.75) is 504 Å². The molecule has 0 saturated carbocycles. The van der Waals surface area contributed by atoms with Gasteiger partial charge >= 0.3 is 11.9 Å². The van der Waals surface area contributed by atoms with Crippen LogP contribution in [0, 0.1) is 0 Å². The number of rotatable bonds is 71. The van der Waals surface area contributed by atoms with Gasteiger partial charge in [-0.3, -0.25) is 24.0 Å². The van der Waals surface area contributed by atoms with E-state index in [1.54, 1.807) is 6.08 Å². The van der Waals surface area contributed by atoms with E-state index in [1.807, 2.05) is 0 Å². The molecule has 50 nitrogen and oxygen atoms in total. The third-order valence-corrected chi connectivity index (χ3v) is 28.3. The van der Waals surface area contributed by atoms with Crippen molar-refractivity contribution in [1.82, 2.24) is 26.6 Å². The van der Waals surface area contributed by atoms with E-state index in [1.165, 1.54) is 122 Å². The van der Waals surface area contributed by atoms with Gasteiger partial charge in [0.2, 0.25) is 29.5 Å². The molecule has 150 heavy (non-hydrogen) atoms. The molecule has 5 amide bonds. The molecule has 7 fully saturated rings. The van der Waals surface area contributed by atoms with Crippen molar-refractivity contribution in [3.8, 4) is 0 Å². The summed E-state index contributed by atoms with van der Waals surface area (Å²) < 4.78 is 85.9. The number of carboxylic acids is 2. The van der Waals surface area contributed by atoms with Gasteiger partial charge in [-0.1, -0.05) is 205 Å². The van der Waals surface area contributed by atoms with Crippen molar-refractivity contribution in [1.29, 1.82) is 0 Å². The number of hydrogen-bond donors (Lipinski definition) is 29. The number of unbranched alkanes of at least 4 members (excludes halogenated alkanes) is 30. The van der Waals surface area contributed by atoms with Crippen LogP contribution >= 0.6 is 0 Å². The summed E-state index contributed by atoms with van der Waals surface area (Å²) in [6.07, 6.45) is -32.5. The summed E-state index contributed by atoms with van der Waals surface area (Å²) in [5.41, 5.74) is 0. The highest BCUT2D eigenvalue weighted by molar-refractivity contribution is 5.79. The molecule has 14 unspecified atom stereocenters. The minimum Gasteiger partial charge on any atom is -0.477 e. The largest absolute Gasteiger partial charge is 0.477 e. The van der Waals surface area contributed by atoms with Crippen molar-refractivity contribution >= 4 is 41.5 Å². The molecule has 7 aliphatic rings. The van der Waals surface area contributed by atoms with Gasteiger partial charge in [0.25, 0.3) is 11.6 Å². The number of carbonyl (C=O) groups excluding carboxylic acids is 5. The molecule has 0 bridgehead atoms. The first-order valence-electron chi connectivity index (χ1n) is 53.5. The molecule has 50 heteroatoms. The number of amides is 5. The second-order valence-electron chi connectivity index (χ2n) is 40.3. The summed E-state index contributed by atoms with van der Waals surface area (Å²) >= 11 is 0. The maximum absolute atomic E-state index is 14.3. The number of aliphatic carboxylic acids is 2. The van der Waals surface area contributed by atoms with Crippen LogP contribution in [0.15, 0.2) is 24.3 Å². The van der Waals surface area contributed by atoms with Crippen LogP contribution < -0.4 is 26.6 Å². The smallest absolute Gasteiger partial charge is 0.364 e. The number of ether oxygens (including phenoxy) is 14. The predicted octanol–water partition coefficient (Wildman–Crippen LogP) is -4.03. The summed E-state index contributed by atoms with van der Waals surface area (Å²) in [7, 11) is 0. The lowest BCUT2D eigenvalue weighted by atomic mass is 9.88.